The van der Waals surface area contributed by atoms with Gasteiger partial charge in [0.1, 0.15) is 24.1 Å². The van der Waals surface area contributed by atoms with E-state index >= 15 is 0 Å². The molecule has 7 heteroatoms. The molecule has 108 valence electrons. The molecule has 5 nitrogen and oxygen atoms in total. The van der Waals surface area contributed by atoms with Crippen LogP contribution in [0.3, 0.4) is 0 Å². The van der Waals surface area contributed by atoms with E-state index < -0.39 is 9.05 Å². The fraction of sp³-hybridized carbons (Fsp3) is 0.143. The van der Waals surface area contributed by atoms with Crippen LogP contribution in [0.4, 0.5) is 0 Å². The zero-order valence-corrected chi connectivity index (χ0v) is 12.6. The van der Waals surface area contributed by atoms with Crippen LogP contribution in [0.1, 0.15) is 16.8 Å². The molecular formula is C14H11ClN2O3S. The monoisotopic (exact) mass is 322 g/mol. The van der Waals surface area contributed by atoms with Gasteiger partial charge in [-0.2, -0.15) is 5.26 Å². The largest absolute Gasteiger partial charge is 0.489 e. The summed E-state index contributed by atoms with van der Waals surface area (Å²) in [5.74, 6) is 0.550. The van der Waals surface area contributed by atoms with Crippen LogP contribution >= 0.6 is 10.7 Å². The smallest absolute Gasteiger partial charge is 0.261 e. The van der Waals surface area contributed by atoms with Crippen LogP contribution in [-0.2, 0) is 15.7 Å². The zero-order valence-electron chi connectivity index (χ0n) is 11.1. The number of hydrogen-bond donors (Lipinski definition) is 0. The quantitative estimate of drug-likeness (QED) is 0.808. The fourth-order valence-electron chi connectivity index (χ4n) is 1.72. The third-order valence-electron chi connectivity index (χ3n) is 2.76. The summed E-state index contributed by atoms with van der Waals surface area (Å²) in [6.07, 6.45) is 1.53. The average molecular weight is 323 g/mol. The summed E-state index contributed by atoms with van der Waals surface area (Å²) in [6.45, 7) is 1.99. The lowest BCUT2D eigenvalue weighted by atomic mass is 10.2. The van der Waals surface area contributed by atoms with Crippen molar-refractivity contribution in [2.24, 2.45) is 0 Å². The number of benzene rings is 1. The van der Waals surface area contributed by atoms with Crippen LogP contribution in [0, 0.1) is 18.3 Å². The molecule has 2 aromatic rings. The molecule has 1 aromatic heterocycles. The minimum Gasteiger partial charge on any atom is -0.489 e. The first kappa shape index (κ1) is 15.3. The Morgan fingerprint density at radius 3 is 2.71 bits per heavy atom. The number of pyridine rings is 1. The Labute approximate surface area is 127 Å². The minimum atomic E-state index is -3.75. The predicted molar refractivity (Wildman–Crippen MR) is 77.5 cm³/mol. The standard InChI is InChI=1S/C14H11ClN2O3S/c1-10-6-13(21(15,18)19)2-3-14(10)20-9-11-4-5-17-12(7-11)8-16/h2-7H,9H2,1H3. The van der Waals surface area contributed by atoms with Crippen molar-refractivity contribution >= 4 is 19.7 Å². The second-order valence-corrected chi connectivity index (χ2v) is 6.88. The Balaban J connectivity index is 2.15. The van der Waals surface area contributed by atoms with E-state index in [0.717, 1.165) is 5.56 Å². The van der Waals surface area contributed by atoms with Gasteiger partial charge in [0.25, 0.3) is 9.05 Å². The van der Waals surface area contributed by atoms with E-state index in [0.29, 0.717) is 17.0 Å². The summed E-state index contributed by atoms with van der Waals surface area (Å²) in [4.78, 5) is 3.90. The van der Waals surface area contributed by atoms with Gasteiger partial charge >= 0.3 is 0 Å². The normalized spacial score (nSPS) is 10.9. The van der Waals surface area contributed by atoms with Crippen LogP contribution in [-0.4, -0.2) is 13.4 Å². The lowest BCUT2D eigenvalue weighted by Crippen LogP contribution is -1.99. The topological polar surface area (TPSA) is 80.1 Å². The van der Waals surface area contributed by atoms with Gasteiger partial charge in [0.05, 0.1) is 4.90 Å². The Morgan fingerprint density at radius 1 is 1.33 bits per heavy atom. The first-order valence-electron chi connectivity index (χ1n) is 5.93. The maximum Gasteiger partial charge on any atom is 0.261 e. The molecule has 2 rings (SSSR count). The van der Waals surface area contributed by atoms with Gasteiger partial charge in [-0.05, 0) is 48.4 Å². The summed E-state index contributed by atoms with van der Waals surface area (Å²) in [5.41, 5.74) is 1.78. The van der Waals surface area contributed by atoms with Crippen molar-refractivity contribution < 1.29 is 13.2 Å². The molecule has 0 fully saturated rings. The predicted octanol–water partition coefficient (Wildman–Crippen LogP) is 2.77. The van der Waals surface area contributed by atoms with Gasteiger partial charge in [0.15, 0.2) is 0 Å². The van der Waals surface area contributed by atoms with E-state index in [2.05, 4.69) is 4.98 Å². The fourth-order valence-corrected chi connectivity index (χ4v) is 2.56. The second kappa shape index (κ2) is 6.12. The summed E-state index contributed by atoms with van der Waals surface area (Å²) >= 11 is 0. The zero-order chi connectivity index (χ0) is 15.5. The Hall–Kier alpha value is -2.10. The van der Waals surface area contributed by atoms with Crippen LogP contribution in [0.25, 0.3) is 0 Å². The molecule has 0 bridgehead atoms. The van der Waals surface area contributed by atoms with Crippen molar-refractivity contribution in [3.05, 3.63) is 53.3 Å². The molecule has 0 aliphatic carbocycles. The molecule has 1 heterocycles. The number of nitriles is 1. The van der Waals surface area contributed by atoms with Crippen molar-refractivity contribution in [2.45, 2.75) is 18.4 Å². The molecule has 0 atom stereocenters. The molecule has 0 spiro atoms. The third kappa shape index (κ3) is 3.94. The van der Waals surface area contributed by atoms with Gasteiger partial charge in [0, 0.05) is 16.9 Å². The highest BCUT2D eigenvalue weighted by Crippen LogP contribution is 2.24. The summed E-state index contributed by atoms with van der Waals surface area (Å²) in [7, 11) is 1.54. The SMILES string of the molecule is Cc1cc(S(=O)(=O)Cl)ccc1OCc1ccnc(C#N)c1. The van der Waals surface area contributed by atoms with Gasteiger partial charge in [-0.25, -0.2) is 13.4 Å². The first-order chi connectivity index (χ1) is 9.90. The van der Waals surface area contributed by atoms with E-state index in [-0.39, 0.29) is 11.5 Å². The molecule has 0 unspecified atom stereocenters. The Kier molecular flexibility index (Phi) is 4.46. The number of nitrogens with zero attached hydrogens (tertiary/aromatic N) is 2. The van der Waals surface area contributed by atoms with Gasteiger partial charge in [0.2, 0.25) is 0 Å². The van der Waals surface area contributed by atoms with Crippen molar-refractivity contribution in [1.29, 1.82) is 5.26 Å². The van der Waals surface area contributed by atoms with Gasteiger partial charge in [-0.15, -0.1) is 0 Å². The number of ether oxygens (including phenoxy) is 1. The number of aromatic nitrogens is 1. The molecule has 0 amide bonds. The molecule has 0 aliphatic rings. The lowest BCUT2D eigenvalue weighted by molar-refractivity contribution is 0.303. The van der Waals surface area contributed by atoms with Gasteiger partial charge in [-0.3, -0.25) is 0 Å². The molecule has 0 aliphatic heterocycles. The van der Waals surface area contributed by atoms with Crippen molar-refractivity contribution in [2.75, 3.05) is 0 Å². The number of rotatable bonds is 4. The second-order valence-electron chi connectivity index (χ2n) is 4.31. The molecule has 0 saturated carbocycles. The molecule has 21 heavy (non-hydrogen) atoms. The van der Waals surface area contributed by atoms with Crippen molar-refractivity contribution in [3.63, 3.8) is 0 Å². The van der Waals surface area contributed by atoms with Gasteiger partial charge < -0.3 is 4.74 Å². The van der Waals surface area contributed by atoms with Crippen molar-refractivity contribution in [1.82, 2.24) is 4.98 Å². The number of halogens is 1. The highest BCUT2D eigenvalue weighted by molar-refractivity contribution is 8.13. The summed E-state index contributed by atoms with van der Waals surface area (Å²) in [6, 6.07) is 9.72. The van der Waals surface area contributed by atoms with E-state index in [1.165, 1.54) is 18.3 Å². The molecule has 0 saturated heterocycles. The molecular weight excluding hydrogens is 312 g/mol. The Morgan fingerprint density at radius 2 is 2.10 bits per heavy atom. The van der Waals surface area contributed by atoms with E-state index in [1.807, 2.05) is 6.07 Å². The highest BCUT2D eigenvalue weighted by atomic mass is 35.7. The summed E-state index contributed by atoms with van der Waals surface area (Å²) < 4.78 is 28.1. The maximum absolute atomic E-state index is 11.2. The number of aryl methyl sites for hydroxylation is 1. The molecule has 0 N–H and O–H groups in total. The van der Waals surface area contributed by atoms with Crippen LogP contribution < -0.4 is 4.74 Å². The van der Waals surface area contributed by atoms with Crippen LogP contribution in [0.2, 0.25) is 0 Å². The average Bonchev–Trinajstić information content (AvgIpc) is 2.45. The van der Waals surface area contributed by atoms with Crippen molar-refractivity contribution in [3.8, 4) is 11.8 Å². The van der Waals surface area contributed by atoms with Crippen LogP contribution in [0.5, 0.6) is 5.75 Å². The van der Waals surface area contributed by atoms with E-state index in [9.17, 15) is 8.42 Å². The van der Waals surface area contributed by atoms with E-state index in [4.69, 9.17) is 20.7 Å². The molecule has 1 aromatic carbocycles. The Bertz CT molecular complexity index is 813. The third-order valence-corrected chi connectivity index (χ3v) is 4.11. The minimum absolute atomic E-state index is 0.0321. The molecule has 0 radical (unpaired) electrons. The lowest BCUT2D eigenvalue weighted by Gasteiger charge is -2.10. The highest BCUT2D eigenvalue weighted by Gasteiger charge is 2.12. The maximum atomic E-state index is 11.2. The van der Waals surface area contributed by atoms with Gasteiger partial charge in [-0.1, -0.05) is 0 Å². The summed E-state index contributed by atoms with van der Waals surface area (Å²) in [5, 5.41) is 8.78. The first-order valence-corrected chi connectivity index (χ1v) is 8.24. The van der Waals surface area contributed by atoms with E-state index in [1.54, 1.807) is 25.1 Å². The number of hydrogen-bond acceptors (Lipinski definition) is 5. The van der Waals surface area contributed by atoms with Crippen LogP contribution in [0.15, 0.2) is 41.4 Å².